The first-order chi connectivity index (χ1) is 8.46. The van der Waals surface area contributed by atoms with Gasteiger partial charge in [-0.15, -0.1) is 0 Å². The van der Waals surface area contributed by atoms with Crippen LogP contribution in [-0.2, 0) is 6.42 Å². The smallest absolute Gasteiger partial charge is 0.160 e. The molecule has 0 saturated heterocycles. The second-order valence-electron chi connectivity index (χ2n) is 5.96. The third kappa shape index (κ3) is 4.99. The van der Waals surface area contributed by atoms with Crippen LogP contribution in [0.4, 0.5) is 0 Å². The van der Waals surface area contributed by atoms with Crippen molar-refractivity contribution in [2.75, 3.05) is 14.2 Å². The van der Waals surface area contributed by atoms with Gasteiger partial charge in [0, 0.05) is 0 Å². The monoisotopic (exact) mass is 250 g/mol. The van der Waals surface area contributed by atoms with Crippen LogP contribution < -0.4 is 9.47 Å². The summed E-state index contributed by atoms with van der Waals surface area (Å²) in [5.41, 5.74) is 1.76. The lowest BCUT2D eigenvalue weighted by Gasteiger charge is -2.17. The number of hydrogen-bond acceptors (Lipinski definition) is 2. The summed E-state index contributed by atoms with van der Waals surface area (Å²) in [5.74, 6) is 1.63. The summed E-state index contributed by atoms with van der Waals surface area (Å²) in [6.07, 6.45) is 4.89. The molecule has 2 heteroatoms. The summed E-state index contributed by atoms with van der Waals surface area (Å²) in [7, 11) is 3.35. The van der Waals surface area contributed by atoms with Gasteiger partial charge in [-0.3, -0.25) is 0 Å². The van der Waals surface area contributed by atoms with Crippen LogP contribution in [0.1, 0.15) is 45.6 Å². The maximum absolute atomic E-state index is 5.31. The number of benzene rings is 1. The molecule has 0 aliphatic heterocycles. The summed E-state index contributed by atoms with van der Waals surface area (Å²) in [5, 5.41) is 0. The molecule has 1 aromatic carbocycles. The summed E-state index contributed by atoms with van der Waals surface area (Å²) < 4.78 is 10.5. The summed E-state index contributed by atoms with van der Waals surface area (Å²) >= 11 is 0. The normalized spacial score (nSPS) is 11.4. The first-order valence-corrected chi connectivity index (χ1v) is 6.67. The van der Waals surface area contributed by atoms with Gasteiger partial charge in [-0.25, -0.2) is 0 Å². The van der Waals surface area contributed by atoms with Crippen molar-refractivity contribution in [3.63, 3.8) is 0 Å². The minimum absolute atomic E-state index is 0.442. The van der Waals surface area contributed by atoms with Crippen LogP contribution in [0.2, 0.25) is 0 Å². The van der Waals surface area contributed by atoms with E-state index in [1.165, 1.54) is 24.8 Å². The fourth-order valence-corrected chi connectivity index (χ4v) is 2.02. The lowest BCUT2D eigenvalue weighted by atomic mass is 9.89. The average molecular weight is 250 g/mol. The molecule has 0 aromatic heterocycles. The van der Waals surface area contributed by atoms with Crippen molar-refractivity contribution in [2.45, 2.75) is 46.5 Å². The van der Waals surface area contributed by atoms with Crippen LogP contribution in [0, 0.1) is 5.41 Å². The molecule has 18 heavy (non-hydrogen) atoms. The van der Waals surface area contributed by atoms with Crippen LogP contribution in [0.25, 0.3) is 0 Å². The molecule has 1 aromatic rings. The van der Waals surface area contributed by atoms with Crippen molar-refractivity contribution >= 4 is 0 Å². The van der Waals surface area contributed by atoms with E-state index in [1.54, 1.807) is 14.2 Å². The predicted octanol–water partition coefficient (Wildman–Crippen LogP) is 4.46. The zero-order valence-corrected chi connectivity index (χ0v) is 12.4. The second kappa shape index (κ2) is 6.67. The summed E-state index contributed by atoms with van der Waals surface area (Å²) in [6.45, 7) is 6.89. The van der Waals surface area contributed by atoms with Crippen LogP contribution in [0.15, 0.2) is 18.2 Å². The Morgan fingerprint density at radius 2 is 1.61 bits per heavy atom. The van der Waals surface area contributed by atoms with Gasteiger partial charge in [0.15, 0.2) is 11.5 Å². The van der Waals surface area contributed by atoms with Crippen molar-refractivity contribution in [1.29, 1.82) is 0 Å². The van der Waals surface area contributed by atoms with Gasteiger partial charge in [0.05, 0.1) is 14.2 Å². The second-order valence-corrected chi connectivity index (χ2v) is 5.96. The van der Waals surface area contributed by atoms with Gasteiger partial charge >= 0.3 is 0 Å². The van der Waals surface area contributed by atoms with Gasteiger partial charge in [0.25, 0.3) is 0 Å². The van der Waals surface area contributed by atoms with Gasteiger partial charge in [-0.1, -0.05) is 33.3 Å². The number of ether oxygens (including phenoxy) is 2. The lowest BCUT2D eigenvalue weighted by Crippen LogP contribution is -2.04. The van der Waals surface area contributed by atoms with E-state index in [-0.39, 0.29) is 0 Å². The number of aryl methyl sites for hydroxylation is 1. The van der Waals surface area contributed by atoms with Gasteiger partial charge in [-0.05, 0) is 42.4 Å². The number of unbranched alkanes of at least 4 members (excludes halogenated alkanes) is 1. The molecule has 0 amide bonds. The Morgan fingerprint density at radius 1 is 0.944 bits per heavy atom. The Hall–Kier alpha value is -1.18. The minimum Gasteiger partial charge on any atom is -0.493 e. The maximum Gasteiger partial charge on any atom is 0.160 e. The molecule has 0 aliphatic carbocycles. The number of methoxy groups -OCH3 is 2. The molecule has 1 rings (SSSR count). The Kier molecular flexibility index (Phi) is 5.52. The van der Waals surface area contributed by atoms with E-state index in [2.05, 4.69) is 32.9 Å². The average Bonchev–Trinajstić information content (AvgIpc) is 2.33. The highest BCUT2D eigenvalue weighted by Crippen LogP contribution is 2.28. The Bertz CT molecular complexity index is 364. The standard InChI is InChI=1S/C16H26O2/c1-16(2,3)11-7-6-8-13-9-10-14(17-4)15(12-13)18-5/h9-10,12H,6-8,11H2,1-5H3. The Morgan fingerprint density at radius 3 is 2.17 bits per heavy atom. The molecule has 0 bridgehead atoms. The fraction of sp³-hybridized carbons (Fsp3) is 0.625. The first-order valence-electron chi connectivity index (χ1n) is 6.67. The molecule has 0 heterocycles. The van der Waals surface area contributed by atoms with Crippen LogP contribution >= 0.6 is 0 Å². The molecule has 0 N–H and O–H groups in total. The zero-order valence-electron chi connectivity index (χ0n) is 12.4. The third-order valence-electron chi connectivity index (χ3n) is 3.09. The van der Waals surface area contributed by atoms with E-state index in [4.69, 9.17) is 9.47 Å². The molecule has 0 radical (unpaired) electrons. The molecule has 0 unspecified atom stereocenters. The van der Waals surface area contributed by atoms with Gasteiger partial charge in [-0.2, -0.15) is 0 Å². The van der Waals surface area contributed by atoms with E-state index in [1.807, 2.05) is 6.07 Å². The van der Waals surface area contributed by atoms with E-state index in [0.29, 0.717) is 5.41 Å². The minimum atomic E-state index is 0.442. The highest BCUT2D eigenvalue weighted by molar-refractivity contribution is 5.42. The highest BCUT2D eigenvalue weighted by Gasteiger charge is 2.09. The predicted molar refractivity (Wildman–Crippen MR) is 76.6 cm³/mol. The van der Waals surface area contributed by atoms with Gasteiger partial charge in [0.2, 0.25) is 0 Å². The summed E-state index contributed by atoms with van der Waals surface area (Å²) in [4.78, 5) is 0. The van der Waals surface area contributed by atoms with Crippen LogP contribution in [0.3, 0.4) is 0 Å². The SMILES string of the molecule is COc1ccc(CCCCC(C)(C)C)cc1OC. The maximum atomic E-state index is 5.31. The molecule has 2 nitrogen and oxygen atoms in total. The van der Waals surface area contributed by atoms with Crippen molar-refractivity contribution in [3.05, 3.63) is 23.8 Å². The molecular weight excluding hydrogens is 224 g/mol. The molecule has 0 atom stereocenters. The largest absolute Gasteiger partial charge is 0.493 e. The van der Waals surface area contributed by atoms with Gasteiger partial charge in [0.1, 0.15) is 0 Å². The molecular formula is C16H26O2. The van der Waals surface area contributed by atoms with E-state index in [9.17, 15) is 0 Å². The van der Waals surface area contributed by atoms with Crippen molar-refractivity contribution in [2.24, 2.45) is 5.41 Å². The van der Waals surface area contributed by atoms with Crippen molar-refractivity contribution < 1.29 is 9.47 Å². The van der Waals surface area contributed by atoms with E-state index in [0.717, 1.165) is 17.9 Å². The Balaban J connectivity index is 2.48. The topological polar surface area (TPSA) is 18.5 Å². The number of hydrogen-bond donors (Lipinski definition) is 0. The first kappa shape index (κ1) is 14.9. The van der Waals surface area contributed by atoms with E-state index < -0.39 is 0 Å². The fourth-order valence-electron chi connectivity index (χ4n) is 2.02. The summed E-state index contributed by atoms with van der Waals surface area (Å²) in [6, 6.07) is 6.19. The van der Waals surface area contributed by atoms with Crippen LogP contribution in [0.5, 0.6) is 11.5 Å². The number of rotatable bonds is 6. The molecule has 0 fully saturated rings. The van der Waals surface area contributed by atoms with E-state index >= 15 is 0 Å². The lowest BCUT2D eigenvalue weighted by molar-refractivity contribution is 0.353. The van der Waals surface area contributed by atoms with Crippen LogP contribution in [-0.4, -0.2) is 14.2 Å². The Labute approximate surface area is 111 Å². The molecule has 0 aliphatic rings. The third-order valence-corrected chi connectivity index (χ3v) is 3.09. The zero-order chi connectivity index (χ0) is 13.6. The van der Waals surface area contributed by atoms with Crippen molar-refractivity contribution in [3.8, 4) is 11.5 Å². The molecule has 102 valence electrons. The van der Waals surface area contributed by atoms with Gasteiger partial charge < -0.3 is 9.47 Å². The highest BCUT2D eigenvalue weighted by atomic mass is 16.5. The quantitative estimate of drug-likeness (QED) is 0.694. The molecule has 0 saturated carbocycles. The molecule has 0 spiro atoms. The van der Waals surface area contributed by atoms with Crippen molar-refractivity contribution in [1.82, 2.24) is 0 Å².